The van der Waals surface area contributed by atoms with Crippen LogP contribution in [0.4, 0.5) is 0 Å². The zero-order chi connectivity index (χ0) is 20.6. The van der Waals surface area contributed by atoms with Gasteiger partial charge in [0.25, 0.3) is 5.91 Å². The minimum Gasteiger partial charge on any atom is -0.610 e. The molecule has 4 rings (SSSR count). The molecule has 0 spiro atoms. The summed E-state index contributed by atoms with van der Waals surface area (Å²) in [6, 6.07) is 14.4. The van der Waals surface area contributed by atoms with Crippen molar-refractivity contribution in [1.82, 2.24) is 14.5 Å². The lowest BCUT2D eigenvalue weighted by molar-refractivity contribution is 0.0700. The quantitative estimate of drug-likeness (QED) is 0.620. The van der Waals surface area contributed by atoms with E-state index >= 15 is 0 Å². The number of carbonyl (C=O) groups excluding carboxylic acids is 1. The number of hydrogen-bond donors (Lipinski definition) is 0. The van der Waals surface area contributed by atoms with Crippen LogP contribution in [-0.4, -0.2) is 44.3 Å². The number of fused-ring (bicyclic) bond motifs is 1. The number of sulfone groups is 1. The Morgan fingerprint density at radius 1 is 1.24 bits per heavy atom. The van der Waals surface area contributed by atoms with E-state index in [-0.39, 0.29) is 16.7 Å². The van der Waals surface area contributed by atoms with E-state index < -0.39 is 10.2 Å². The molecule has 1 saturated heterocycles. The molecule has 7 nitrogen and oxygen atoms in total. The number of aromatic nitrogens is 2. The van der Waals surface area contributed by atoms with E-state index in [1.54, 1.807) is 45.9 Å². The second-order valence-corrected chi connectivity index (χ2v) is 9.29. The van der Waals surface area contributed by atoms with Crippen LogP contribution in [0.1, 0.15) is 23.3 Å². The molecule has 8 heteroatoms. The van der Waals surface area contributed by atoms with Gasteiger partial charge in [0.2, 0.25) is 0 Å². The second kappa shape index (κ2) is 7.43. The van der Waals surface area contributed by atoms with Crippen molar-refractivity contribution in [2.45, 2.75) is 17.7 Å². The number of amides is 1. The second-order valence-electron chi connectivity index (χ2n) is 7.27. The molecule has 1 aliphatic heterocycles. The van der Waals surface area contributed by atoms with Crippen molar-refractivity contribution in [3.8, 4) is 17.2 Å². The molecule has 1 atom stereocenters. The summed E-state index contributed by atoms with van der Waals surface area (Å²) < 4.78 is 25.1. The van der Waals surface area contributed by atoms with Gasteiger partial charge in [-0.15, -0.1) is 4.21 Å². The van der Waals surface area contributed by atoms with E-state index in [1.165, 1.54) is 6.26 Å². The SMILES string of the molecule is C[S+](=O)([O-])c1ccc(-c2cc(C(=O)N3CCC(C#N)CC3)nn3cccc23)cc1. The first-order valence-electron chi connectivity index (χ1n) is 9.34. The zero-order valence-corrected chi connectivity index (χ0v) is 16.8. The summed E-state index contributed by atoms with van der Waals surface area (Å²) in [6.07, 6.45) is 4.30. The number of nitrogens with zero attached hydrogens (tertiary/aromatic N) is 4. The molecule has 29 heavy (non-hydrogen) atoms. The van der Waals surface area contributed by atoms with E-state index in [4.69, 9.17) is 5.26 Å². The summed E-state index contributed by atoms with van der Waals surface area (Å²) in [5.74, 6) is -0.158. The van der Waals surface area contributed by atoms with Gasteiger partial charge >= 0.3 is 0 Å². The lowest BCUT2D eigenvalue weighted by Crippen LogP contribution is -2.38. The minimum absolute atomic E-state index is 0.00265. The predicted octanol–water partition coefficient (Wildman–Crippen LogP) is 3.00. The van der Waals surface area contributed by atoms with Gasteiger partial charge in [0.05, 0.1) is 21.8 Å². The van der Waals surface area contributed by atoms with Crippen LogP contribution in [0.2, 0.25) is 0 Å². The highest BCUT2D eigenvalue weighted by molar-refractivity contribution is 7.97. The van der Waals surface area contributed by atoms with Crippen LogP contribution in [0.3, 0.4) is 0 Å². The summed E-state index contributed by atoms with van der Waals surface area (Å²) in [5.41, 5.74) is 2.77. The molecule has 148 valence electrons. The Labute approximate surface area is 169 Å². The van der Waals surface area contributed by atoms with Gasteiger partial charge in [-0.2, -0.15) is 10.4 Å². The topological polar surface area (TPSA) is 102 Å². The largest absolute Gasteiger partial charge is 0.610 e. The summed E-state index contributed by atoms with van der Waals surface area (Å²) in [5, 5.41) is 13.5. The Morgan fingerprint density at radius 3 is 2.55 bits per heavy atom. The summed E-state index contributed by atoms with van der Waals surface area (Å²) in [7, 11) is -3.28. The fourth-order valence-corrected chi connectivity index (χ4v) is 4.25. The number of rotatable bonds is 3. The van der Waals surface area contributed by atoms with Crippen LogP contribution in [0.15, 0.2) is 53.6 Å². The van der Waals surface area contributed by atoms with Crippen molar-refractivity contribution >= 4 is 21.6 Å². The molecular weight excluding hydrogens is 388 g/mol. The molecule has 1 aliphatic rings. The number of nitriles is 1. The molecule has 0 radical (unpaired) electrons. The van der Waals surface area contributed by atoms with Gasteiger partial charge in [-0.1, -0.05) is 0 Å². The fourth-order valence-electron chi connectivity index (χ4n) is 3.62. The molecule has 1 unspecified atom stereocenters. The van der Waals surface area contributed by atoms with Gasteiger partial charge in [0.1, 0.15) is 11.9 Å². The number of hydrogen-bond acceptors (Lipinski definition) is 5. The average molecular weight is 408 g/mol. The highest BCUT2D eigenvalue weighted by Gasteiger charge is 2.25. The molecule has 1 amide bonds. The van der Waals surface area contributed by atoms with Crippen molar-refractivity contribution in [3.05, 3.63) is 54.4 Å². The summed E-state index contributed by atoms with van der Waals surface area (Å²) in [4.78, 5) is 15.0. The normalized spacial score (nSPS) is 17.1. The molecule has 0 bridgehead atoms. The number of benzene rings is 1. The first-order chi connectivity index (χ1) is 13.9. The molecule has 1 aromatic carbocycles. The average Bonchev–Trinajstić information content (AvgIpc) is 3.21. The predicted molar refractivity (Wildman–Crippen MR) is 108 cm³/mol. The Bertz CT molecular complexity index is 1150. The Morgan fingerprint density at radius 2 is 1.93 bits per heavy atom. The lowest BCUT2D eigenvalue weighted by Gasteiger charge is -2.29. The van der Waals surface area contributed by atoms with Crippen molar-refractivity contribution in [2.75, 3.05) is 19.3 Å². The van der Waals surface area contributed by atoms with Crippen LogP contribution in [0.5, 0.6) is 0 Å². The van der Waals surface area contributed by atoms with Gasteiger partial charge in [0.15, 0.2) is 4.90 Å². The highest BCUT2D eigenvalue weighted by atomic mass is 32.3. The van der Waals surface area contributed by atoms with E-state index in [9.17, 15) is 13.6 Å². The maximum Gasteiger partial charge on any atom is 0.274 e. The van der Waals surface area contributed by atoms with Gasteiger partial charge in [0, 0.05) is 30.8 Å². The van der Waals surface area contributed by atoms with Crippen LogP contribution < -0.4 is 0 Å². The molecule has 1 fully saturated rings. The van der Waals surface area contributed by atoms with E-state index in [2.05, 4.69) is 11.2 Å². The zero-order valence-electron chi connectivity index (χ0n) is 15.9. The monoisotopic (exact) mass is 408 g/mol. The van der Waals surface area contributed by atoms with Gasteiger partial charge < -0.3 is 9.45 Å². The molecule has 0 N–H and O–H groups in total. The van der Waals surface area contributed by atoms with Crippen LogP contribution in [-0.2, 0) is 14.4 Å². The third-order valence-corrected chi connectivity index (χ3v) is 6.41. The molecule has 3 aromatic rings. The van der Waals surface area contributed by atoms with Gasteiger partial charge in [-0.05, 0) is 60.9 Å². The molecule has 0 saturated carbocycles. The summed E-state index contributed by atoms with van der Waals surface area (Å²) >= 11 is 0. The standard InChI is InChI=1S/C21H20N4O3S/c1-29(27,28)17-6-4-16(5-7-17)18-13-19(23-25-10-2-3-20(18)25)21(26)24-11-8-15(14-22)9-12-24/h2-7,10,13,15H,8-9,11-12H2,1H3. The summed E-state index contributed by atoms with van der Waals surface area (Å²) in [6.45, 7) is 1.09. The van der Waals surface area contributed by atoms with Crippen molar-refractivity contribution < 1.29 is 13.6 Å². The van der Waals surface area contributed by atoms with Crippen LogP contribution in [0, 0.1) is 17.2 Å². The minimum atomic E-state index is -3.28. The van der Waals surface area contributed by atoms with E-state index in [0.29, 0.717) is 31.6 Å². The third kappa shape index (κ3) is 3.79. The smallest absolute Gasteiger partial charge is 0.274 e. The number of likely N-dealkylation sites (tertiary alicyclic amines) is 1. The van der Waals surface area contributed by atoms with Gasteiger partial charge in [-0.3, -0.25) is 4.79 Å². The number of carbonyl (C=O) groups is 1. The van der Waals surface area contributed by atoms with Crippen LogP contribution >= 0.6 is 0 Å². The van der Waals surface area contributed by atoms with Crippen molar-refractivity contribution in [3.63, 3.8) is 0 Å². The fraction of sp³-hybridized carbons (Fsp3) is 0.286. The number of piperidine rings is 1. The van der Waals surface area contributed by atoms with E-state index in [0.717, 1.165) is 16.6 Å². The maximum absolute atomic E-state index is 13.0. The Balaban J connectivity index is 1.70. The molecule has 3 heterocycles. The van der Waals surface area contributed by atoms with E-state index in [1.807, 2.05) is 12.1 Å². The van der Waals surface area contributed by atoms with Crippen LogP contribution in [0.25, 0.3) is 16.6 Å². The Kier molecular flexibility index (Phi) is 4.94. The third-order valence-electron chi connectivity index (χ3n) is 5.28. The van der Waals surface area contributed by atoms with Crippen molar-refractivity contribution in [1.29, 1.82) is 5.26 Å². The first-order valence-corrected chi connectivity index (χ1v) is 11.2. The highest BCUT2D eigenvalue weighted by Crippen LogP contribution is 2.28. The van der Waals surface area contributed by atoms with Crippen molar-refractivity contribution in [2.24, 2.45) is 5.92 Å². The molecule has 0 aliphatic carbocycles. The van der Waals surface area contributed by atoms with Gasteiger partial charge in [-0.25, -0.2) is 4.52 Å². The first kappa shape index (κ1) is 19.3. The lowest BCUT2D eigenvalue weighted by atomic mass is 9.98. The molecular formula is C21H20N4O3S. The molecule has 2 aromatic heterocycles. The Hall–Kier alpha value is -3.02. The maximum atomic E-state index is 13.0.